The standard InChI is InChI=1S/C26H22FN3O2/c1-15-21(13-28-30-25(31)23-17-9-10-18(12-17)24(23)26(30)32)20-7-2-3-8-22(20)29(15)14-16-5-4-6-19(27)11-16/h2-11,13,17-18,23-24H,12,14H2,1H3/t17-,18-,23-,24+/m0/s1. The van der Waals surface area contributed by atoms with Gasteiger partial charge in [-0.2, -0.15) is 10.1 Å². The molecule has 2 amide bonds. The van der Waals surface area contributed by atoms with Gasteiger partial charge < -0.3 is 4.57 Å². The molecule has 3 aromatic rings. The molecule has 1 aliphatic heterocycles. The third kappa shape index (κ3) is 2.72. The van der Waals surface area contributed by atoms with Gasteiger partial charge in [-0.3, -0.25) is 9.59 Å². The first-order valence-electron chi connectivity index (χ1n) is 11.0. The zero-order valence-electron chi connectivity index (χ0n) is 17.6. The highest BCUT2D eigenvalue weighted by Crippen LogP contribution is 2.52. The van der Waals surface area contributed by atoms with Gasteiger partial charge in [0.2, 0.25) is 0 Å². The highest BCUT2D eigenvalue weighted by atomic mass is 19.1. The van der Waals surface area contributed by atoms with Crippen molar-refractivity contribution in [3.8, 4) is 0 Å². The van der Waals surface area contributed by atoms with Crippen LogP contribution in [0.3, 0.4) is 0 Å². The zero-order valence-corrected chi connectivity index (χ0v) is 17.6. The smallest absolute Gasteiger partial charge is 0.254 e. The van der Waals surface area contributed by atoms with Crippen LogP contribution in [-0.4, -0.2) is 27.6 Å². The molecule has 3 aliphatic rings. The molecule has 2 aromatic carbocycles. The second kappa shape index (κ2) is 6.99. The lowest BCUT2D eigenvalue weighted by Gasteiger charge is -2.13. The van der Waals surface area contributed by atoms with Crippen LogP contribution >= 0.6 is 0 Å². The van der Waals surface area contributed by atoms with Gasteiger partial charge in [-0.15, -0.1) is 0 Å². The molecule has 6 rings (SSSR count). The number of aromatic nitrogens is 1. The SMILES string of the molecule is Cc1c(C=NN2C(=O)[C@@H]3[C@H](C2=O)[C@H]2C=C[C@H]3C2)c2ccccc2n1Cc1cccc(F)c1. The number of hydrogen-bond donors (Lipinski definition) is 0. The summed E-state index contributed by atoms with van der Waals surface area (Å²) in [7, 11) is 0. The first kappa shape index (κ1) is 19.2. The fourth-order valence-corrected chi connectivity index (χ4v) is 5.76. The van der Waals surface area contributed by atoms with E-state index in [0.717, 1.165) is 39.2 Å². The normalized spacial score (nSPS) is 26.2. The summed E-state index contributed by atoms with van der Waals surface area (Å²) < 4.78 is 15.8. The molecule has 2 fully saturated rings. The van der Waals surface area contributed by atoms with Crippen molar-refractivity contribution in [3.05, 3.63) is 83.3 Å². The fourth-order valence-electron chi connectivity index (χ4n) is 5.76. The number of hydrazone groups is 1. The predicted octanol–water partition coefficient (Wildman–Crippen LogP) is 4.28. The summed E-state index contributed by atoms with van der Waals surface area (Å²) in [6.07, 6.45) is 6.69. The van der Waals surface area contributed by atoms with Crippen molar-refractivity contribution in [2.24, 2.45) is 28.8 Å². The van der Waals surface area contributed by atoms with Gasteiger partial charge in [-0.1, -0.05) is 42.5 Å². The Morgan fingerprint density at radius 1 is 1.03 bits per heavy atom. The maximum atomic E-state index is 13.7. The van der Waals surface area contributed by atoms with Crippen LogP contribution in [0.1, 0.15) is 23.2 Å². The van der Waals surface area contributed by atoms with Crippen molar-refractivity contribution in [1.82, 2.24) is 9.58 Å². The van der Waals surface area contributed by atoms with Gasteiger partial charge in [-0.25, -0.2) is 4.39 Å². The molecule has 5 nitrogen and oxygen atoms in total. The van der Waals surface area contributed by atoms with Gasteiger partial charge >= 0.3 is 0 Å². The van der Waals surface area contributed by atoms with E-state index >= 15 is 0 Å². The van der Waals surface area contributed by atoms with Crippen molar-refractivity contribution < 1.29 is 14.0 Å². The largest absolute Gasteiger partial charge is 0.340 e. The summed E-state index contributed by atoms with van der Waals surface area (Å²) in [6.45, 7) is 2.49. The molecule has 1 aromatic heterocycles. The van der Waals surface area contributed by atoms with Gasteiger partial charge in [0.15, 0.2) is 0 Å². The van der Waals surface area contributed by atoms with E-state index in [1.54, 1.807) is 12.3 Å². The van der Waals surface area contributed by atoms with Gasteiger partial charge in [0.25, 0.3) is 11.8 Å². The molecule has 0 radical (unpaired) electrons. The van der Waals surface area contributed by atoms with Crippen LogP contribution in [0.5, 0.6) is 0 Å². The summed E-state index contributed by atoms with van der Waals surface area (Å²) in [6, 6.07) is 14.5. The van der Waals surface area contributed by atoms with Gasteiger partial charge in [0.05, 0.1) is 18.1 Å². The van der Waals surface area contributed by atoms with E-state index in [9.17, 15) is 14.0 Å². The number of hydrogen-bond acceptors (Lipinski definition) is 3. The summed E-state index contributed by atoms with van der Waals surface area (Å²) in [4.78, 5) is 25.9. The maximum Gasteiger partial charge on any atom is 0.254 e. The number of allylic oxidation sites excluding steroid dienone is 2. The minimum absolute atomic E-state index is 0.163. The Labute approximate surface area is 184 Å². The van der Waals surface area contributed by atoms with Crippen molar-refractivity contribution in [2.45, 2.75) is 19.9 Å². The Balaban J connectivity index is 1.36. The van der Waals surface area contributed by atoms with E-state index in [4.69, 9.17) is 0 Å². The molecule has 4 atom stereocenters. The van der Waals surface area contributed by atoms with E-state index < -0.39 is 0 Å². The van der Waals surface area contributed by atoms with Crippen molar-refractivity contribution in [3.63, 3.8) is 0 Å². The molecule has 0 spiro atoms. The average Bonchev–Trinajstić information content (AvgIpc) is 3.52. The van der Waals surface area contributed by atoms with E-state index in [-0.39, 0.29) is 41.3 Å². The number of imide groups is 1. The Bertz CT molecular complexity index is 1310. The molecular formula is C26H22FN3O2. The fraction of sp³-hybridized carbons (Fsp3) is 0.269. The van der Waals surface area contributed by atoms with E-state index in [1.165, 1.54) is 12.1 Å². The highest BCUT2D eigenvalue weighted by molar-refractivity contribution is 6.08. The van der Waals surface area contributed by atoms with Gasteiger partial charge in [0.1, 0.15) is 5.82 Å². The third-order valence-corrected chi connectivity index (χ3v) is 7.26. The number of rotatable bonds is 4. The Morgan fingerprint density at radius 2 is 1.75 bits per heavy atom. The lowest BCUT2D eigenvalue weighted by Crippen LogP contribution is -2.28. The number of carbonyl (C=O) groups excluding carboxylic acids is 2. The Kier molecular flexibility index (Phi) is 4.18. The molecule has 6 heteroatoms. The van der Waals surface area contributed by atoms with Crippen LogP contribution in [0.15, 0.2) is 65.8 Å². The van der Waals surface area contributed by atoms with Crippen LogP contribution in [-0.2, 0) is 16.1 Å². The maximum absolute atomic E-state index is 13.7. The zero-order chi connectivity index (χ0) is 22.0. The number of fused-ring (bicyclic) bond motifs is 6. The monoisotopic (exact) mass is 427 g/mol. The Morgan fingerprint density at radius 3 is 2.47 bits per heavy atom. The Hall–Kier alpha value is -3.54. The van der Waals surface area contributed by atoms with Crippen LogP contribution in [0, 0.1) is 36.4 Å². The second-order valence-corrected chi connectivity index (χ2v) is 8.97. The van der Waals surface area contributed by atoms with Crippen LogP contribution in [0.2, 0.25) is 0 Å². The second-order valence-electron chi connectivity index (χ2n) is 8.97. The molecule has 2 aliphatic carbocycles. The lowest BCUT2D eigenvalue weighted by molar-refractivity contribution is -0.140. The van der Waals surface area contributed by atoms with E-state index in [1.807, 2.05) is 37.3 Å². The van der Waals surface area contributed by atoms with Crippen LogP contribution in [0.25, 0.3) is 10.9 Å². The highest BCUT2D eigenvalue weighted by Gasteiger charge is 2.59. The number of nitrogens with zero attached hydrogens (tertiary/aromatic N) is 3. The molecule has 32 heavy (non-hydrogen) atoms. The van der Waals surface area contributed by atoms with Gasteiger partial charge in [-0.05, 0) is 48.9 Å². The number of halogens is 1. The molecule has 1 saturated carbocycles. The topological polar surface area (TPSA) is 54.7 Å². The van der Waals surface area contributed by atoms with Crippen molar-refractivity contribution in [2.75, 3.05) is 0 Å². The molecule has 2 bridgehead atoms. The lowest BCUT2D eigenvalue weighted by atomic mass is 9.85. The quantitative estimate of drug-likeness (QED) is 0.355. The third-order valence-electron chi connectivity index (χ3n) is 7.26. The number of carbonyl (C=O) groups is 2. The summed E-state index contributed by atoms with van der Waals surface area (Å²) in [5.74, 6) is -0.828. The number of benzene rings is 2. The van der Waals surface area contributed by atoms with E-state index in [2.05, 4.69) is 21.8 Å². The summed E-state index contributed by atoms with van der Waals surface area (Å²) in [5, 5.41) is 6.45. The summed E-state index contributed by atoms with van der Waals surface area (Å²) in [5.41, 5.74) is 3.66. The van der Waals surface area contributed by atoms with Gasteiger partial charge in [0, 0.05) is 28.7 Å². The minimum Gasteiger partial charge on any atom is -0.340 e. The van der Waals surface area contributed by atoms with E-state index in [0.29, 0.717) is 6.54 Å². The minimum atomic E-state index is -0.265. The molecule has 0 N–H and O–H groups in total. The molecule has 2 heterocycles. The molecule has 0 unspecified atom stereocenters. The van der Waals surface area contributed by atoms with Crippen LogP contribution in [0.4, 0.5) is 4.39 Å². The predicted molar refractivity (Wildman–Crippen MR) is 119 cm³/mol. The molecule has 160 valence electrons. The first-order valence-corrected chi connectivity index (χ1v) is 11.0. The number of amides is 2. The summed E-state index contributed by atoms with van der Waals surface area (Å²) >= 11 is 0. The first-order chi connectivity index (χ1) is 15.5. The number of para-hydroxylation sites is 1. The molecule has 1 saturated heterocycles. The van der Waals surface area contributed by atoms with Crippen molar-refractivity contribution in [1.29, 1.82) is 0 Å². The average molecular weight is 427 g/mol. The molecular weight excluding hydrogens is 405 g/mol. The van der Waals surface area contributed by atoms with Crippen LogP contribution < -0.4 is 0 Å². The van der Waals surface area contributed by atoms with Crippen molar-refractivity contribution >= 4 is 28.9 Å².